The van der Waals surface area contributed by atoms with Gasteiger partial charge in [-0.3, -0.25) is 4.40 Å². The largest absolute Gasteiger partial charge is 0.465 e. The highest BCUT2D eigenvalue weighted by Crippen LogP contribution is 2.37. The van der Waals surface area contributed by atoms with E-state index in [1.807, 2.05) is 16.5 Å². The van der Waals surface area contributed by atoms with E-state index in [0.29, 0.717) is 28.6 Å². The molecule has 200 valence electrons. The van der Waals surface area contributed by atoms with E-state index in [1.54, 1.807) is 36.8 Å². The molecule has 10 heteroatoms. The summed E-state index contributed by atoms with van der Waals surface area (Å²) >= 11 is 0. The molecule has 0 unspecified atom stereocenters. The van der Waals surface area contributed by atoms with Gasteiger partial charge < -0.3 is 19.8 Å². The Bertz CT molecular complexity index is 1550. The minimum absolute atomic E-state index is 0.0650. The SMILES string of the molecule is CN(Cc1ccc(-c2c(-c3ccc(C#N)cc3)nc(N3CCC(N(C)C)CC3)c3cncn23)cc1F)C(=O)O. The molecule has 3 heterocycles. The first-order valence-corrected chi connectivity index (χ1v) is 12.8. The second-order valence-corrected chi connectivity index (χ2v) is 10.1. The van der Waals surface area contributed by atoms with Crippen LogP contribution in [0, 0.1) is 17.1 Å². The maximum Gasteiger partial charge on any atom is 0.407 e. The van der Waals surface area contributed by atoms with E-state index in [2.05, 4.69) is 34.9 Å². The predicted octanol–water partition coefficient (Wildman–Crippen LogP) is 4.71. The molecule has 0 bridgehead atoms. The van der Waals surface area contributed by atoms with Gasteiger partial charge in [-0.25, -0.2) is 19.2 Å². The molecule has 1 saturated heterocycles. The number of carboxylic acid groups (broad SMARTS) is 1. The Labute approximate surface area is 226 Å². The summed E-state index contributed by atoms with van der Waals surface area (Å²) in [7, 11) is 5.61. The highest BCUT2D eigenvalue weighted by atomic mass is 19.1. The number of carbonyl (C=O) groups is 1. The Hall–Kier alpha value is -4.49. The van der Waals surface area contributed by atoms with E-state index >= 15 is 4.39 Å². The number of hydrogen-bond donors (Lipinski definition) is 1. The molecule has 0 aliphatic carbocycles. The van der Waals surface area contributed by atoms with Gasteiger partial charge >= 0.3 is 6.09 Å². The zero-order valence-corrected chi connectivity index (χ0v) is 22.2. The van der Waals surface area contributed by atoms with E-state index in [9.17, 15) is 15.2 Å². The number of piperidine rings is 1. The Morgan fingerprint density at radius 1 is 1.13 bits per heavy atom. The van der Waals surface area contributed by atoms with Gasteiger partial charge in [-0.2, -0.15) is 5.26 Å². The van der Waals surface area contributed by atoms with Crippen LogP contribution < -0.4 is 4.90 Å². The molecule has 1 aliphatic heterocycles. The van der Waals surface area contributed by atoms with Crippen LogP contribution in [0.5, 0.6) is 0 Å². The van der Waals surface area contributed by atoms with E-state index in [1.165, 1.54) is 13.1 Å². The summed E-state index contributed by atoms with van der Waals surface area (Å²) in [5, 5.41) is 18.5. The van der Waals surface area contributed by atoms with Crippen molar-refractivity contribution in [1.29, 1.82) is 5.26 Å². The van der Waals surface area contributed by atoms with Crippen molar-refractivity contribution in [3.63, 3.8) is 0 Å². The number of hydrogen-bond acceptors (Lipinski definition) is 6. The van der Waals surface area contributed by atoms with Crippen molar-refractivity contribution in [2.45, 2.75) is 25.4 Å². The lowest BCUT2D eigenvalue weighted by molar-refractivity contribution is 0.153. The Morgan fingerprint density at radius 2 is 1.82 bits per heavy atom. The summed E-state index contributed by atoms with van der Waals surface area (Å²) in [5.74, 6) is 0.308. The van der Waals surface area contributed by atoms with Gasteiger partial charge in [0.2, 0.25) is 0 Å². The molecule has 0 atom stereocenters. The average Bonchev–Trinajstić information content (AvgIpc) is 3.43. The van der Waals surface area contributed by atoms with Gasteiger partial charge in [0.05, 0.1) is 42.1 Å². The number of imidazole rings is 1. The van der Waals surface area contributed by atoms with E-state index < -0.39 is 11.9 Å². The molecule has 0 saturated carbocycles. The average molecular weight is 528 g/mol. The fourth-order valence-corrected chi connectivity index (χ4v) is 5.12. The van der Waals surface area contributed by atoms with Crippen LogP contribution in [0.2, 0.25) is 0 Å². The quantitative estimate of drug-likeness (QED) is 0.387. The normalized spacial score (nSPS) is 14.1. The van der Waals surface area contributed by atoms with Gasteiger partial charge in [-0.05, 0) is 45.1 Å². The van der Waals surface area contributed by atoms with E-state index in [4.69, 9.17) is 4.98 Å². The third-order valence-electron chi connectivity index (χ3n) is 7.39. The highest BCUT2D eigenvalue weighted by Gasteiger charge is 2.26. The van der Waals surface area contributed by atoms with Crippen LogP contribution >= 0.6 is 0 Å². The van der Waals surface area contributed by atoms with Crippen molar-refractivity contribution in [3.8, 4) is 28.6 Å². The monoisotopic (exact) mass is 527 g/mol. The van der Waals surface area contributed by atoms with Crippen molar-refractivity contribution in [2.75, 3.05) is 39.1 Å². The fourth-order valence-electron chi connectivity index (χ4n) is 5.12. The third-order valence-corrected chi connectivity index (χ3v) is 7.39. The van der Waals surface area contributed by atoms with Gasteiger partial charge in [-0.15, -0.1) is 0 Å². The van der Waals surface area contributed by atoms with Crippen LogP contribution in [-0.2, 0) is 6.54 Å². The van der Waals surface area contributed by atoms with Crippen LogP contribution in [0.3, 0.4) is 0 Å². The maximum absolute atomic E-state index is 15.3. The first kappa shape index (κ1) is 26.1. The lowest BCUT2D eigenvalue weighted by Crippen LogP contribution is -2.42. The lowest BCUT2D eigenvalue weighted by Gasteiger charge is -2.36. The van der Waals surface area contributed by atoms with E-state index in [0.717, 1.165) is 47.7 Å². The molecule has 1 fully saturated rings. The van der Waals surface area contributed by atoms with Crippen LogP contribution in [-0.4, -0.2) is 75.6 Å². The topological polar surface area (TPSA) is 101 Å². The zero-order chi connectivity index (χ0) is 27.7. The summed E-state index contributed by atoms with van der Waals surface area (Å²) in [4.78, 5) is 26.4. The summed E-state index contributed by atoms with van der Waals surface area (Å²) in [6, 6.07) is 14.6. The number of rotatable bonds is 6. The Kier molecular flexibility index (Phi) is 7.17. The first-order chi connectivity index (χ1) is 18.8. The number of halogens is 1. The van der Waals surface area contributed by atoms with Gasteiger partial charge in [0.15, 0.2) is 5.82 Å². The summed E-state index contributed by atoms with van der Waals surface area (Å²) in [5.41, 5.74) is 4.31. The predicted molar refractivity (Wildman–Crippen MR) is 147 cm³/mol. The molecule has 1 amide bonds. The molecule has 2 aromatic carbocycles. The van der Waals surface area contributed by atoms with Crippen molar-refractivity contribution in [3.05, 3.63) is 71.9 Å². The molecular formula is C29H30FN7O2. The first-order valence-electron chi connectivity index (χ1n) is 12.8. The standard InChI is InChI=1S/C29H30FN7O2/c1-34(2)23-10-12-36(13-11-23)28-25-16-32-18-37(25)27(26(33-28)20-6-4-19(15-31)5-7-20)21-8-9-22(24(30)14-21)17-35(3)29(38)39/h4-9,14,16,18,23H,10-13,17H2,1-3H3,(H,38,39). The molecule has 1 aliphatic rings. The Balaban J connectivity index is 1.65. The summed E-state index contributed by atoms with van der Waals surface area (Å²) in [6.07, 6.45) is 4.38. The molecule has 9 nitrogen and oxygen atoms in total. The number of amides is 1. The van der Waals surface area contributed by atoms with Crippen LogP contribution in [0.25, 0.3) is 28.0 Å². The number of nitriles is 1. The molecule has 1 N–H and O–H groups in total. The molecule has 2 aromatic heterocycles. The highest BCUT2D eigenvalue weighted by molar-refractivity contribution is 5.85. The van der Waals surface area contributed by atoms with Crippen LogP contribution in [0.15, 0.2) is 55.0 Å². The number of fused-ring (bicyclic) bond motifs is 1. The van der Waals surface area contributed by atoms with Gasteiger partial charge in [-0.1, -0.05) is 24.3 Å². The summed E-state index contributed by atoms with van der Waals surface area (Å²) in [6.45, 7) is 1.64. The van der Waals surface area contributed by atoms with Gasteiger partial charge in [0.25, 0.3) is 0 Å². The van der Waals surface area contributed by atoms with Crippen molar-refractivity contribution >= 4 is 17.4 Å². The fraction of sp³-hybridized carbons (Fsp3) is 0.310. The van der Waals surface area contributed by atoms with Gasteiger partial charge in [0.1, 0.15) is 11.3 Å². The zero-order valence-electron chi connectivity index (χ0n) is 22.2. The Morgan fingerprint density at radius 3 is 2.44 bits per heavy atom. The minimum Gasteiger partial charge on any atom is -0.465 e. The second-order valence-electron chi connectivity index (χ2n) is 10.1. The minimum atomic E-state index is -1.13. The van der Waals surface area contributed by atoms with Crippen LogP contribution in [0.4, 0.5) is 15.0 Å². The molecule has 5 rings (SSSR count). The number of aromatic nitrogens is 3. The number of anilines is 1. The van der Waals surface area contributed by atoms with Gasteiger partial charge in [0, 0.05) is 42.9 Å². The maximum atomic E-state index is 15.3. The van der Waals surface area contributed by atoms with Crippen molar-refractivity contribution < 1.29 is 14.3 Å². The molecule has 0 radical (unpaired) electrons. The van der Waals surface area contributed by atoms with Crippen LogP contribution in [0.1, 0.15) is 24.0 Å². The molecule has 39 heavy (non-hydrogen) atoms. The molecule has 4 aromatic rings. The number of nitrogens with zero attached hydrogens (tertiary/aromatic N) is 7. The lowest BCUT2D eigenvalue weighted by atomic mass is 10.0. The van der Waals surface area contributed by atoms with Crippen molar-refractivity contribution in [1.82, 2.24) is 24.2 Å². The van der Waals surface area contributed by atoms with Crippen molar-refractivity contribution in [2.24, 2.45) is 0 Å². The second kappa shape index (κ2) is 10.7. The number of benzene rings is 2. The van der Waals surface area contributed by atoms with E-state index in [-0.39, 0.29) is 12.1 Å². The third kappa shape index (κ3) is 5.13. The smallest absolute Gasteiger partial charge is 0.407 e. The molecular weight excluding hydrogens is 497 g/mol. The summed E-state index contributed by atoms with van der Waals surface area (Å²) < 4.78 is 17.2. The molecule has 0 spiro atoms.